The van der Waals surface area contributed by atoms with Gasteiger partial charge in [-0.2, -0.15) is 4.72 Å². The second-order valence-electron chi connectivity index (χ2n) is 11.8. The number of hydrogen-bond acceptors (Lipinski definition) is 8. The maximum absolute atomic E-state index is 14.1. The first kappa shape index (κ1) is 37.2. The Hall–Kier alpha value is -4.27. The van der Waals surface area contributed by atoms with Gasteiger partial charge in [-0.3, -0.25) is 10.2 Å². The molecule has 14 heteroatoms. The van der Waals surface area contributed by atoms with Gasteiger partial charge < -0.3 is 30.5 Å². The van der Waals surface area contributed by atoms with Crippen LogP contribution in [0.5, 0.6) is 0 Å². The number of rotatable bonds is 10. The monoisotopic (exact) mass is 671 g/mol. The number of sulfonamides is 1. The number of hydrogen-bond donors (Lipinski definition) is 5. The van der Waals surface area contributed by atoms with Crippen LogP contribution in [0.4, 0.5) is 4.79 Å². The van der Waals surface area contributed by atoms with Crippen LogP contribution in [0.15, 0.2) is 59.0 Å². The van der Waals surface area contributed by atoms with Crippen molar-refractivity contribution in [2.45, 2.75) is 76.4 Å². The molecular formula is C33H45N5O8S. The summed E-state index contributed by atoms with van der Waals surface area (Å²) in [5.74, 6) is -1.18. The number of nitrogens with zero attached hydrogens (tertiary/aromatic N) is 2. The van der Waals surface area contributed by atoms with Crippen LogP contribution < -0.4 is 10.5 Å². The molecule has 0 saturated carbocycles. The Morgan fingerprint density at radius 1 is 1.09 bits per heavy atom. The van der Waals surface area contributed by atoms with Gasteiger partial charge in [0, 0.05) is 31.2 Å². The molecule has 0 bridgehead atoms. The highest BCUT2D eigenvalue weighted by atomic mass is 32.2. The van der Waals surface area contributed by atoms with E-state index >= 15 is 0 Å². The summed E-state index contributed by atoms with van der Waals surface area (Å²) >= 11 is 0. The van der Waals surface area contributed by atoms with Gasteiger partial charge in [-0.05, 0) is 88.3 Å². The molecule has 0 aliphatic carbocycles. The van der Waals surface area contributed by atoms with E-state index < -0.39 is 40.1 Å². The Morgan fingerprint density at radius 2 is 1.74 bits per heavy atom. The Morgan fingerprint density at radius 3 is 2.36 bits per heavy atom. The smallest absolute Gasteiger partial charge is 0.464 e. The molecule has 47 heavy (non-hydrogen) atoms. The minimum atomic E-state index is -4.13. The second kappa shape index (κ2) is 16.5. The van der Waals surface area contributed by atoms with Crippen molar-refractivity contribution >= 4 is 33.9 Å². The molecule has 0 saturated heterocycles. The fraction of sp³-hybridized carbons (Fsp3) is 0.455. The molecule has 0 spiro atoms. The van der Waals surface area contributed by atoms with E-state index in [9.17, 15) is 18.0 Å². The largest absolute Gasteiger partial charge is 0.503 e. The van der Waals surface area contributed by atoms with E-state index in [1.54, 1.807) is 43.3 Å². The number of esters is 1. The summed E-state index contributed by atoms with van der Waals surface area (Å²) in [5.41, 5.74) is 9.85. The molecule has 6 N–H and O–H groups in total. The van der Waals surface area contributed by atoms with E-state index in [0.29, 0.717) is 23.6 Å². The lowest BCUT2D eigenvalue weighted by atomic mass is 9.98. The maximum atomic E-state index is 14.1. The van der Waals surface area contributed by atoms with Crippen molar-refractivity contribution in [3.8, 4) is 0 Å². The molecule has 2 aromatic carbocycles. The minimum absolute atomic E-state index is 0.00220. The molecule has 2 aliphatic heterocycles. The highest BCUT2D eigenvalue weighted by molar-refractivity contribution is 7.89. The average Bonchev–Trinajstić information content (AvgIpc) is 3.23. The zero-order valence-electron chi connectivity index (χ0n) is 27.2. The third-order valence-corrected chi connectivity index (χ3v) is 9.67. The van der Waals surface area contributed by atoms with Crippen molar-refractivity contribution < 1.29 is 37.8 Å². The molecule has 0 unspecified atom stereocenters. The minimum Gasteiger partial charge on any atom is -0.464 e. The highest BCUT2D eigenvalue weighted by Crippen LogP contribution is 2.24. The van der Waals surface area contributed by atoms with Gasteiger partial charge in [0.2, 0.25) is 15.9 Å². The van der Waals surface area contributed by atoms with Crippen molar-refractivity contribution in [2.24, 2.45) is 5.73 Å². The molecule has 0 aromatic heterocycles. The van der Waals surface area contributed by atoms with E-state index in [0.717, 1.165) is 42.6 Å². The molecule has 256 valence electrons. The molecule has 2 aromatic rings. The topological polar surface area (TPSA) is 203 Å². The lowest BCUT2D eigenvalue weighted by molar-refractivity contribution is -0.155. The normalized spacial score (nSPS) is 17.3. The van der Waals surface area contributed by atoms with Crippen LogP contribution in [0, 0.1) is 5.41 Å². The van der Waals surface area contributed by atoms with Crippen LogP contribution in [-0.4, -0.2) is 96.7 Å². The number of amidine groups is 1. The van der Waals surface area contributed by atoms with E-state index in [1.165, 1.54) is 4.90 Å². The summed E-state index contributed by atoms with van der Waals surface area (Å²) in [6, 6.07) is 10.3. The molecule has 2 atom stereocenters. The Balaban J connectivity index is 0.00000142. The van der Waals surface area contributed by atoms with Crippen LogP contribution in [-0.2, 0) is 43.6 Å². The van der Waals surface area contributed by atoms with Crippen molar-refractivity contribution in [1.29, 1.82) is 5.41 Å². The van der Waals surface area contributed by atoms with E-state index in [-0.39, 0.29) is 30.3 Å². The van der Waals surface area contributed by atoms with Crippen LogP contribution in [0.2, 0.25) is 0 Å². The fourth-order valence-corrected chi connectivity index (χ4v) is 6.95. The summed E-state index contributed by atoms with van der Waals surface area (Å²) in [5, 5.41) is 21.8. The van der Waals surface area contributed by atoms with Gasteiger partial charge in [0.15, 0.2) is 0 Å². The van der Waals surface area contributed by atoms with Gasteiger partial charge in [0.05, 0.1) is 11.5 Å². The van der Waals surface area contributed by atoms with Crippen molar-refractivity contribution in [3.63, 3.8) is 0 Å². The number of carbonyl (C=O) groups excluding carboxylic acids is 2. The zero-order chi connectivity index (χ0) is 34.9. The first-order valence-electron chi connectivity index (χ1n) is 15.5. The number of fused-ring (bicyclic) bond motifs is 1. The van der Waals surface area contributed by atoms with E-state index in [2.05, 4.69) is 23.5 Å². The number of nitrogens with one attached hydrogen (secondary N) is 2. The summed E-state index contributed by atoms with van der Waals surface area (Å²) in [6.45, 7) is 9.99. The number of nitrogen functional groups attached to an aromatic ring is 1. The number of ether oxygens (including phenoxy) is 1. The second-order valence-corrected chi connectivity index (χ2v) is 13.6. The third kappa shape index (κ3) is 10.4. The quantitative estimate of drug-likeness (QED) is 0.108. The summed E-state index contributed by atoms with van der Waals surface area (Å²) < 4.78 is 35.7. The van der Waals surface area contributed by atoms with Gasteiger partial charge in [-0.15, -0.1) is 0 Å². The first-order chi connectivity index (χ1) is 22.1. The highest BCUT2D eigenvalue weighted by Gasteiger charge is 2.38. The van der Waals surface area contributed by atoms with Crippen LogP contribution in [0.25, 0.3) is 0 Å². The van der Waals surface area contributed by atoms with Crippen molar-refractivity contribution in [2.75, 3.05) is 26.2 Å². The lowest BCUT2D eigenvalue weighted by Crippen LogP contribution is -2.56. The van der Waals surface area contributed by atoms with E-state index in [4.69, 9.17) is 30.9 Å². The molecule has 13 nitrogen and oxygen atoms in total. The van der Waals surface area contributed by atoms with Crippen LogP contribution >= 0.6 is 0 Å². The summed E-state index contributed by atoms with van der Waals surface area (Å²) in [6.07, 6.45) is 1.91. The van der Waals surface area contributed by atoms with Gasteiger partial charge in [-0.1, -0.05) is 35.9 Å². The standard InChI is InChI=1S/C32H43N5O5S.CH2O3/c1-5-42-32(39)29-17-22(4)11-16-37(29)31(38)28(19-23-7-6-8-26(18-23)30(33)34)35-43(40,41)27-10-9-24-12-14-36(21(2)3)15-13-25(24)20-27;2-1(3)4/h6-11,18,20-21,28-29,35H,5,12-17,19H2,1-4H3,(H3,33,34);(H2,2,3,4)/t28-,29+;/m0./s1. The van der Waals surface area contributed by atoms with Crippen LogP contribution in [0.3, 0.4) is 0 Å². The summed E-state index contributed by atoms with van der Waals surface area (Å²) in [4.78, 5) is 39.4. The van der Waals surface area contributed by atoms with Gasteiger partial charge in [-0.25, -0.2) is 18.0 Å². The zero-order valence-corrected chi connectivity index (χ0v) is 28.0. The average molecular weight is 672 g/mol. The number of carboxylic acid groups (broad SMARTS) is 2. The number of benzene rings is 2. The molecule has 2 aliphatic rings. The summed E-state index contributed by atoms with van der Waals surface area (Å²) in [7, 11) is -4.13. The predicted molar refractivity (Wildman–Crippen MR) is 177 cm³/mol. The molecule has 0 radical (unpaired) electrons. The molecule has 0 fully saturated rings. The Kier molecular flexibility index (Phi) is 13.1. The predicted octanol–water partition coefficient (Wildman–Crippen LogP) is 3.00. The molecule has 1 amide bonds. The SMILES string of the molecule is CCOC(=O)[C@H]1CC(C)=CCN1C(=O)[C@H](Cc1cccc(C(=N)N)c1)NS(=O)(=O)c1ccc2c(c1)CCN(C(C)C)CC2.O=C(O)O. The van der Waals surface area contributed by atoms with E-state index in [1.807, 2.05) is 19.1 Å². The Labute approximate surface area is 275 Å². The maximum Gasteiger partial charge on any atom is 0.503 e. The molecular weight excluding hydrogens is 626 g/mol. The Bertz CT molecular complexity index is 1600. The number of nitrogens with two attached hydrogens (primary N) is 1. The van der Waals surface area contributed by atoms with Crippen molar-refractivity contribution in [3.05, 3.63) is 76.4 Å². The van der Waals surface area contributed by atoms with Gasteiger partial charge >= 0.3 is 12.1 Å². The number of carbonyl (C=O) groups is 3. The number of amides is 1. The first-order valence-corrected chi connectivity index (χ1v) is 17.0. The molecule has 4 rings (SSSR count). The fourth-order valence-electron chi connectivity index (χ4n) is 5.71. The van der Waals surface area contributed by atoms with Gasteiger partial charge in [0.1, 0.15) is 17.9 Å². The molecule has 2 heterocycles. The third-order valence-electron chi connectivity index (χ3n) is 8.20. The van der Waals surface area contributed by atoms with Gasteiger partial charge in [0.25, 0.3) is 0 Å². The lowest BCUT2D eigenvalue weighted by Gasteiger charge is -2.35. The van der Waals surface area contributed by atoms with Crippen molar-refractivity contribution in [1.82, 2.24) is 14.5 Å². The van der Waals surface area contributed by atoms with Crippen LogP contribution in [0.1, 0.15) is 56.4 Å².